The van der Waals surface area contributed by atoms with Gasteiger partial charge in [-0.15, -0.1) is 0 Å². The van der Waals surface area contributed by atoms with Crippen LogP contribution in [0.25, 0.3) is 0 Å². The molecule has 0 aliphatic carbocycles. The molecule has 0 atom stereocenters. The maximum Gasteiger partial charge on any atom is 0.254 e. The quantitative estimate of drug-likeness (QED) is 0.863. The first-order valence-electron chi connectivity index (χ1n) is 9.05. The Balaban J connectivity index is 1.48. The van der Waals surface area contributed by atoms with Crippen LogP contribution in [0.4, 0.5) is 5.82 Å². The largest absolute Gasteiger partial charge is 0.360 e. The van der Waals surface area contributed by atoms with E-state index < -0.39 is 0 Å². The third-order valence-corrected chi connectivity index (χ3v) is 4.71. The molecule has 27 heavy (non-hydrogen) atoms. The van der Waals surface area contributed by atoms with Crippen LogP contribution in [-0.4, -0.2) is 65.5 Å². The molecule has 3 heterocycles. The van der Waals surface area contributed by atoms with Crippen molar-refractivity contribution in [2.24, 2.45) is 0 Å². The van der Waals surface area contributed by atoms with Gasteiger partial charge in [0.05, 0.1) is 12.1 Å². The number of nitrogens with one attached hydrogen (secondary N) is 1. The maximum absolute atomic E-state index is 12.1. The van der Waals surface area contributed by atoms with Gasteiger partial charge in [-0.2, -0.15) is 0 Å². The number of nitrogens with zero attached hydrogens (tertiary/aromatic N) is 4. The maximum atomic E-state index is 12.1. The van der Waals surface area contributed by atoms with Gasteiger partial charge in [-0.3, -0.25) is 19.5 Å². The molecular formula is C19H25N5O3. The number of aromatic nitrogens is 2. The summed E-state index contributed by atoms with van der Waals surface area (Å²) in [4.78, 5) is 32.2. The second-order valence-electron chi connectivity index (χ2n) is 7.09. The van der Waals surface area contributed by atoms with Crippen molar-refractivity contribution < 1.29 is 14.1 Å². The van der Waals surface area contributed by atoms with Crippen LogP contribution in [0.3, 0.4) is 0 Å². The molecule has 0 spiro atoms. The van der Waals surface area contributed by atoms with Crippen LogP contribution < -0.4 is 5.32 Å². The standard InChI is InChI=1S/C19H25N5O3/c1-13-10-17(22-27-13)21-18(25)12-24-8-6-14(7-9-24)16-5-4-15(11-20-16)19(26)23(2)3/h4-5,10-11,14H,6-9,12H2,1-3H3,(H,21,22,25). The third-order valence-electron chi connectivity index (χ3n) is 4.71. The Kier molecular flexibility index (Phi) is 5.85. The summed E-state index contributed by atoms with van der Waals surface area (Å²) in [6.07, 6.45) is 3.52. The van der Waals surface area contributed by atoms with Gasteiger partial charge in [0.1, 0.15) is 5.76 Å². The summed E-state index contributed by atoms with van der Waals surface area (Å²) in [5, 5.41) is 6.52. The SMILES string of the molecule is Cc1cc(NC(=O)CN2CCC(c3ccc(C(=O)N(C)C)cn3)CC2)no1. The fourth-order valence-corrected chi connectivity index (χ4v) is 3.23. The second kappa shape index (κ2) is 8.30. The Morgan fingerprint density at radius 1 is 1.30 bits per heavy atom. The van der Waals surface area contributed by atoms with Gasteiger partial charge in [0.15, 0.2) is 5.82 Å². The van der Waals surface area contributed by atoms with E-state index >= 15 is 0 Å². The van der Waals surface area contributed by atoms with Crippen molar-refractivity contribution in [3.05, 3.63) is 41.4 Å². The topological polar surface area (TPSA) is 91.6 Å². The highest BCUT2D eigenvalue weighted by Gasteiger charge is 2.23. The summed E-state index contributed by atoms with van der Waals surface area (Å²) in [6.45, 7) is 3.78. The number of hydrogen-bond acceptors (Lipinski definition) is 6. The van der Waals surface area contributed by atoms with Gasteiger partial charge in [-0.1, -0.05) is 5.16 Å². The molecule has 8 heteroatoms. The summed E-state index contributed by atoms with van der Waals surface area (Å²) >= 11 is 0. The molecule has 1 N–H and O–H groups in total. The van der Waals surface area contributed by atoms with Crippen LogP contribution >= 0.6 is 0 Å². The Hall–Kier alpha value is -2.74. The smallest absolute Gasteiger partial charge is 0.254 e. The molecule has 1 fully saturated rings. The second-order valence-corrected chi connectivity index (χ2v) is 7.09. The van der Waals surface area contributed by atoms with Crippen molar-refractivity contribution in [1.29, 1.82) is 0 Å². The number of anilines is 1. The average Bonchev–Trinajstić information content (AvgIpc) is 3.06. The zero-order chi connectivity index (χ0) is 19.4. The van der Waals surface area contributed by atoms with Gasteiger partial charge in [0.25, 0.3) is 5.91 Å². The van der Waals surface area contributed by atoms with Crippen molar-refractivity contribution in [2.75, 3.05) is 39.0 Å². The minimum atomic E-state index is -0.0913. The van der Waals surface area contributed by atoms with E-state index in [0.717, 1.165) is 31.6 Å². The van der Waals surface area contributed by atoms with Crippen LogP contribution in [-0.2, 0) is 4.79 Å². The molecule has 1 aliphatic heterocycles. The predicted octanol–water partition coefficient (Wildman–Crippen LogP) is 1.90. The molecule has 0 saturated carbocycles. The van der Waals surface area contributed by atoms with E-state index in [9.17, 15) is 9.59 Å². The van der Waals surface area contributed by atoms with Gasteiger partial charge in [0, 0.05) is 38.0 Å². The van der Waals surface area contributed by atoms with Crippen LogP contribution in [0.2, 0.25) is 0 Å². The fourth-order valence-electron chi connectivity index (χ4n) is 3.23. The highest BCUT2D eigenvalue weighted by Crippen LogP contribution is 2.26. The van der Waals surface area contributed by atoms with E-state index in [-0.39, 0.29) is 11.8 Å². The van der Waals surface area contributed by atoms with Gasteiger partial charge in [0.2, 0.25) is 5.91 Å². The van der Waals surface area contributed by atoms with Crippen molar-refractivity contribution in [3.8, 4) is 0 Å². The highest BCUT2D eigenvalue weighted by molar-refractivity contribution is 5.93. The molecule has 0 radical (unpaired) electrons. The van der Waals surface area contributed by atoms with Gasteiger partial charge in [-0.05, 0) is 45.0 Å². The van der Waals surface area contributed by atoms with Gasteiger partial charge >= 0.3 is 0 Å². The van der Waals surface area contributed by atoms with E-state index in [1.54, 1.807) is 38.2 Å². The number of pyridine rings is 1. The Morgan fingerprint density at radius 2 is 2.04 bits per heavy atom. The Bertz CT molecular complexity index is 792. The lowest BCUT2D eigenvalue weighted by Gasteiger charge is -2.31. The van der Waals surface area contributed by atoms with Gasteiger partial charge in [-0.25, -0.2) is 0 Å². The molecule has 2 aromatic rings. The summed E-state index contributed by atoms with van der Waals surface area (Å²) in [5.74, 6) is 1.33. The molecule has 0 unspecified atom stereocenters. The number of piperidine rings is 1. The molecular weight excluding hydrogens is 346 g/mol. The minimum Gasteiger partial charge on any atom is -0.360 e. The van der Waals surface area contributed by atoms with Crippen LogP contribution in [0, 0.1) is 6.92 Å². The number of likely N-dealkylation sites (tertiary alicyclic amines) is 1. The Morgan fingerprint density at radius 3 is 2.59 bits per heavy atom. The van der Waals surface area contributed by atoms with E-state index in [2.05, 4.69) is 20.4 Å². The number of carbonyl (C=O) groups excluding carboxylic acids is 2. The first-order chi connectivity index (χ1) is 12.9. The summed E-state index contributed by atoms with van der Waals surface area (Å²) in [6, 6.07) is 5.47. The summed E-state index contributed by atoms with van der Waals surface area (Å²) < 4.78 is 4.95. The lowest BCUT2D eigenvalue weighted by Crippen LogP contribution is -2.38. The fraction of sp³-hybridized carbons (Fsp3) is 0.474. The third kappa shape index (κ3) is 4.91. The number of hydrogen-bond donors (Lipinski definition) is 1. The molecule has 2 aromatic heterocycles. The molecule has 1 aliphatic rings. The van der Waals surface area contributed by atoms with Crippen molar-refractivity contribution in [1.82, 2.24) is 19.9 Å². The summed E-state index contributed by atoms with van der Waals surface area (Å²) in [7, 11) is 3.46. The normalized spacial score (nSPS) is 15.5. The average molecular weight is 371 g/mol. The number of amides is 2. The molecule has 3 rings (SSSR count). The molecule has 8 nitrogen and oxygen atoms in total. The monoisotopic (exact) mass is 371 g/mol. The van der Waals surface area contributed by atoms with E-state index in [1.807, 2.05) is 12.1 Å². The van der Waals surface area contributed by atoms with Crippen molar-refractivity contribution in [2.45, 2.75) is 25.7 Å². The number of rotatable bonds is 5. The molecule has 0 aromatic carbocycles. The van der Waals surface area contributed by atoms with E-state index in [0.29, 0.717) is 29.6 Å². The van der Waals surface area contributed by atoms with Crippen LogP contribution in [0.1, 0.15) is 40.6 Å². The minimum absolute atomic E-state index is 0.0443. The predicted molar refractivity (Wildman–Crippen MR) is 101 cm³/mol. The molecule has 2 amide bonds. The molecule has 144 valence electrons. The van der Waals surface area contributed by atoms with E-state index in [4.69, 9.17) is 4.52 Å². The molecule has 0 bridgehead atoms. The lowest BCUT2D eigenvalue weighted by molar-refractivity contribution is -0.117. The van der Waals surface area contributed by atoms with E-state index in [1.165, 1.54) is 0 Å². The lowest BCUT2D eigenvalue weighted by atomic mass is 9.93. The first-order valence-corrected chi connectivity index (χ1v) is 9.05. The number of aryl methyl sites for hydroxylation is 1. The highest BCUT2D eigenvalue weighted by atomic mass is 16.5. The zero-order valence-corrected chi connectivity index (χ0v) is 15.9. The van der Waals surface area contributed by atoms with Gasteiger partial charge < -0.3 is 14.7 Å². The zero-order valence-electron chi connectivity index (χ0n) is 15.9. The summed E-state index contributed by atoms with van der Waals surface area (Å²) in [5.41, 5.74) is 1.61. The van der Waals surface area contributed by atoms with Crippen molar-refractivity contribution in [3.63, 3.8) is 0 Å². The number of carbonyl (C=O) groups is 2. The first kappa shape index (κ1) is 19.0. The van der Waals surface area contributed by atoms with Crippen LogP contribution in [0.15, 0.2) is 28.9 Å². The molecule has 1 saturated heterocycles. The Labute approximate surface area is 158 Å². The van der Waals surface area contributed by atoms with Crippen molar-refractivity contribution >= 4 is 17.6 Å². The van der Waals surface area contributed by atoms with Crippen LogP contribution in [0.5, 0.6) is 0 Å².